The molecular weight excluding hydrogens is 140 g/mol. The summed E-state index contributed by atoms with van der Waals surface area (Å²) in [6.45, 7) is 5.42. The van der Waals surface area contributed by atoms with Crippen LogP contribution in [0, 0.1) is 0 Å². The van der Waals surface area contributed by atoms with Crippen LogP contribution < -0.4 is 0 Å². The zero-order valence-electron chi connectivity index (χ0n) is 7.30. The first-order valence-corrected chi connectivity index (χ1v) is 3.92. The van der Waals surface area contributed by atoms with E-state index in [-0.39, 0.29) is 0 Å². The monoisotopic (exact) mass is 156 g/mol. The fourth-order valence-corrected chi connectivity index (χ4v) is 0.578. The molecule has 0 saturated carbocycles. The van der Waals surface area contributed by atoms with Gasteiger partial charge in [-0.15, -0.1) is 0 Å². The van der Waals surface area contributed by atoms with Crippen molar-refractivity contribution in [2.24, 2.45) is 0 Å². The Morgan fingerprint density at radius 3 is 2.73 bits per heavy atom. The lowest BCUT2D eigenvalue weighted by Crippen LogP contribution is -1.94. The van der Waals surface area contributed by atoms with Crippen LogP contribution in [-0.2, 0) is 9.53 Å². The number of allylic oxidation sites excluding steroid dienone is 1. The van der Waals surface area contributed by atoms with Gasteiger partial charge in [-0.1, -0.05) is 11.6 Å². The first kappa shape index (κ1) is 10.4. The van der Waals surface area contributed by atoms with Gasteiger partial charge in [-0.25, -0.2) is 0 Å². The smallest absolute Gasteiger partial charge is 0.120 e. The van der Waals surface area contributed by atoms with E-state index < -0.39 is 0 Å². The van der Waals surface area contributed by atoms with Crippen molar-refractivity contribution in [2.75, 3.05) is 13.2 Å². The van der Waals surface area contributed by atoms with Crippen molar-refractivity contribution >= 4 is 6.29 Å². The second-order valence-electron chi connectivity index (χ2n) is 2.67. The Hall–Kier alpha value is -0.630. The van der Waals surface area contributed by atoms with Gasteiger partial charge in [-0.05, 0) is 20.3 Å². The van der Waals surface area contributed by atoms with E-state index in [4.69, 9.17) is 4.74 Å². The third-order valence-corrected chi connectivity index (χ3v) is 1.22. The molecule has 2 heteroatoms. The van der Waals surface area contributed by atoms with Crippen LogP contribution in [0.4, 0.5) is 0 Å². The number of hydrogen-bond donors (Lipinski definition) is 0. The molecule has 2 nitrogen and oxygen atoms in total. The van der Waals surface area contributed by atoms with Gasteiger partial charge in [-0.3, -0.25) is 0 Å². The lowest BCUT2D eigenvalue weighted by Gasteiger charge is -1.97. The average molecular weight is 156 g/mol. The molecule has 0 aliphatic rings. The molecule has 0 aliphatic carbocycles. The predicted molar refractivity (Wildman–Crippen MR) is 45.5 cm³/mol. The summed E-state index contributed by atoms with van der Waals surface area (Å²) in [6.07, 6.45) is 4.39. The van der Waals surface area contributed by atoms with E-state index >= 15 is 0 Å². The second-order valence-corrected chi connectivity index (χ2v) is 2.67. The van der Waals surface area contributed by atoms with Crippen molar-refractivity contribution in [3.05, 3.63) is 11.6 Å². The molecule has 0 saturated heterocycles. The maximum atomic E-state index is 9.88. The molecule has 0 bridgehead atoms. The molecule has 0 atom stereocenters. The van der Waals surface area contributed by atoms with Crippen LogP contribution in [0.3, 0.4) is 0 Å². The van der Waals surface area contributed by atoms with E-state index in [0.29, 0.717) is 19.6 Å². The number of aldehydes is 1. The van der Waals surface area contributed by atoms with E-state index in [1.807, 2.05) is 19.9 Å². The van der Waals surface area contributed by atoms with E-state index in [1.165, 1.54) is 5.57 Å². The fraction of sp³-hybridized carbons (Fsp3) is 0.667. The number of ether oxygens (including phenoxy) is 1. The molecule has 0 unspecified atom stereocenters. The minimum atomic E-state index is 0.606. The number of carbonyl (C=O) groups excluding carboxylic acids is 1. The lowest BCUT2D eigenvalue weighted by atomic mass is 10.3. The maximum Gasteiger partial charge on any atom is 0.120 e. The minimum absolute atomic E-state index is 0.606. The van der Waals surface area contributed by atoms with Gasteiger partial charge >= 0.3 is 0 Å². The van der Waals surface area contributed by atoms with Crippen molar-refractivity contribution in [1.82, 2.24) is 0 Å². The molecule has 0 aromatic carbocycles. The van der Waals surface area contributed by atoms with E-state index in [2.05, 4.69) is 0 Å². The Labute approximate surface area is 68.2 Å². The van der Waals surface area contributed by atoms with Crippen molar-refractivity contribution in [2.45, 2.75) is 26.7 Å². The van der Waals surface area contributed by atoms with Gasteiger partial charge in [0.1, 0.15) is 6.29 Å². The quantitative estimate of drug-likeness (QED) is 0.334. The highest BCUT2D eigenvalue weighted by atomic mass is 16.5. The number of unbranched alkanes of at least 4 members (excludes halogenated alkanes) is 1. The molecule has 0 rings (SSSR count). The summed E-state index contributed by atoms with van der Waals surface area (Å²) in [7, 11) is 0. The molecule has 0 spiro atoms. The summed E-state index contributed by atoms with van der Waals surface area (Å²) in [5, 5.41) is 0. The summed E-state index contributed by atoms with van der Waals surface area (Å²) < 4.78 is 5.21. The highest BCUT2D eigenvalue weighted by molar-refractivity contribution is 5.48. The van der Waals surface area contributed by atoms with Crippen molar-refractivity contribution in [3.8, 4) is 0 Å². The summed E-state index contributed by atoms with van der Waals surface area (Å²) in [5.41, 5.74) is 1.26. The van der Waals surface area contributed by atoms with Crippen LogP contribution in [0.5, 0.6) is 0 Å². The van der Waals surface area contributed by atoms with Crippen LogP contribution in [0.1, 0.15) is 26.7 Å². The summed E-state index contributed by atoms with van der Waals surface area (Å²) in [6, 6.07) is 0. The molecule has 0 aromatic heterocycles. The minimum Gasteiger partial charge on any atom is -0.377 e. The first-order valence-electron chi connectivity index (χ1n) is 3.92. The Morgan fingerprint density at radius 1 is 1.45 bits per heavy atom. The molecule has 0 heterocycles. The summed E-state index contributed by atoms with van der Waals surface area (Å²) >= 11 is 0. The molecule has 0 aromatic rings. The van der Waals surface area contributed by atoms with Crippen LogP contribution in [-0.4, -0.2) is 19.5 Å². The standard InChI is InChI=1S/C9H16O2/c1-9(2)5-8-11-7-4-3-6-10/h5-6H,3-4,7-8H2,1-2H3. The molecule has 0 aliphatic heterocycles. The van der Waals surface area contributed by atoms with Crippen molar-refractivity contribution < 1.29 is 9.53 Å². The normalized spacial score (nSPS) is 9.27. The molecular formula is C9H16O2. The Balaban J connectivity index is 3.02. The number of rotatable bonds is 6. The fourth-order valence-electron chi connectivity index (χ4n) is 0.578. The van der Waals surface area contributed by atoms with Crippen LogP contribution in [0.15, 0.2) is 11.6 Å². The Bertz CT molecular complexity index is 124. The van der Waals surface area contributed by atoms with Gasteiger partial charge in [0.05, 0.1) is 6.61 Å². The van der Waals surface area contributed by atoms with Gasteiger partial charge in [-0.2, -0.15) is 0 Å². The Kier molecular flexibility index (Phi) is 7.05. The van der Waals surface area contributed by atoms with Crippen LogP contribution in [0.2, 0.25) is 0 Å². The highest BCUT2D eigenvalue weighted by Crippen LogP contribution is 1.90. The van der Waals surface area contributed by atoms with Gasteiger partial charge in [0.2, 0.25) is 0 Å². The largest absolute Gasteiger partial charge is 0.377 e. The molecule has 11 heavy (non-hydrogen) atoms. The van der Waals surface area contributed by atoms with Crippen LogP contribution >= 0.6 is 0 Å². The topological polar surface area (TPSA) is 26.3 Å². The van der Waals surface area contributed by atoms with Gasteiger partial charge in [0.15, 0.2) is 0 Å². The summed E-state index contributed by atoms with van der Waals surface area (Å²) in [4.78, 5) is 9.88. The van der Waals surface area contributed by atoms with Crippen molar-refractivity contribution in [1.29, 1.82) is 0 Å². The highest BCUT2D eigenvalue weighted by Gasteiger charge is 1.85. The zero-order chi connectivity index (χ0) is 8.53. The number of hydrogen-bond acceptors (Lipinski definition) is 2. The second kappa shape index (κ2) is 7.48. The summed E-state index contributed by atoms with van der Waals surface area (Å²) in [5.74, 6) is 0. The number of carbonyl (C=O) groups is 1. The van der Waals surface area contributed by atoms with Gasteiger partial charge in [0.25, 0.3) is 0 Å². The lowest BCUT2D eigenvalue weighted by molar-refractivity contribution is -0.108. The maximum absolute atomic E-state index is 9.88. The van der Waals surface area contributed by atoms with Gasteiger partial charge < -0.3 is 9.53 Å². The zero-order valence-corrected chi connectivity index (χ0v) is 7.30. The van der Waals surface area contributed by atoms with Crippen LogP contribution in [0.25, 0.3) is 0 Å². The predicted octanol–water partition coefficient (Wildman–Crippen LogP) is 1.95. The molecule has 0 radical (unpaired) electrons. The average Bonchev–Trinajstić information content (AvgIpc) is 1.96. The third kappa shape index (κ3) is 9.37. The third-order valence-electron chi connectivity index (χ3n) is 1.22. The first-order chi connectivity index (χ1) is 5.27. The SMILES string of the molecule is CC(C)=CCOCCCC=O. The van der Waals surface area contributed by atoms with Gasteiger partial charge in [0, 0.05) is 13.0 Å². The molecule has 0 amide bonds. The molecule has 64 valence electrons. The molecule has 0 N–H and O–H groups in total. The van der Waals surface area contributed by atoms with E-state index in [9.17, 15) is 4.79 Å². The van der Waals surface area contributed by atoms with Crippen molar-refractivity contribution in [3.63, 3.8) is 0 Å². The van der Waals surface area contributed by atoms with E-state index in [0.717, 1.165) is 12.7 Å². The Morgan fingerprint density at radius 2 is 2.18 bits per heavy atom. The van der Waals surface area contributed by atoms with E-state index in [1.54, 1.807) is 0 Å². The molecule has 0 fully saturated rings.